The van der Waals surface area contributed by atoms with Gasteiger partial charge in [-0.1, -0.05) is 29.8 Å². The van der Waals surface area contributed by atoms with Gasteiger partial charge in [0.05, 0.1) is 10.6 Å². The average Bonchev–Trinajstić information content (AvgIpc) is 3.28. The van der Waals surface area contributed by atoms with Crippen molar-refractivity contribution < 1.29 is 9.59 Å². The second-order valence-corrected chi connectivity index (χ2v) is 6.84. The summed E-state index contributed by atoms with van der Waals surface area (Å²) in [5, 5.41) is 9.33. The molecule has 0 aliphatic carbocycles. The molecule has 0 atom stereocenters. The van der Waals surface area contributed by atoms with Crippen molar-refractivity contribution in [2.45, 2.75) is 19.6 Å². The van der Waals surface area contributed by atoms with Gasteiger partial charge in [0.1, 0.15) is 0 Å². The molecule has 8 heteroatoms. The maximum absolute atomic E-state index is 12.6. The van der Waals surface area contributed by atoms with Crippen LogP contribution in [0.2, 0.25) is 5.02 Å². The van der Waals surface area contributed by atoms with Crippen LogP contribution in [0.3, 0.4) is 0 Å². The Hall–Kier alpha value is -2.28. The van der Waals surface area contributed by atoms with Crippen LogP contribution in [-0.2, 0) is 19.6 Å². The Morgan fingerprint density at radius 1 is 1.15 bits per heavy atom. The maximum Gasteiger partial charge on any atom is 0.321 e. The van der Waals surface area contributed by atoms with E-state index in [1.54, 1.807) is 23.1 Å². The van der Waals surface area contributed by atoms with Crippen molar-refractivity contribution in [1.29, 1.82) is 0 Å². The number of urea groups is 1. The smallest absolute Gasteiger partial charge is 0.321 e. The van der Waals surface area contributed by atoms with Crippen LogP contribution < -0.4 is 20.9 Å². The molecule has 1 fully saturated rings. The van der Waals surface area contributed by atoms with Crippen LogP contribution in [0.1, 0.15) is 27.0 Å². The highest BCUT2D eigenvalue weighted by Gasteiger charge is 2.23. The molecule has 3 amide bonds. The standard InChI is InChI=1S/C19H19ClN4O2.ClH/c20-17-4-3-15(24-6-5-22-19(24)26)8-16(17)18(25)23-9-12-1-2-13-10-21-11-14(13)7-12;/h1-4,7-8,21H,5-6,9-11H2,(H,22,26)(H,23,25);1H. The van der Waals surface area contributed by atoms with Gasteiger partial charge >= 0.3 is 6.03 Å². The number of carbonyl (C=O) groups excluding carboxylic acids is 2. The van der Waals surface area contributed by atoms with Crippen molar-refractivity contribution in [2.24, 2.45) is 0 Å². The first-order valence-electron chi connectivity index (χ1n) is 8.56. The lowest BCUT2D eigenvalue weighted by molar-refractivity contribution is 0.0951. The lowest BCUT2D eigenvalue weighted by atomic mass is 10.1. The van der Waals surface area contributed by atoms with E-state index in [4.69, 9.17) is 11.6 Å². The third-order valence-electron chi connectivity index (χ3n) is 4.72. The largest absolute Gasteiger partial charge is 0.348 e. The van der Waals surface area contributed by atoms with Crippen molar-refractivity contribution in [3.05, 3.63) is 63.7 Å². The molecule has 0 aromatic heterocycles. The molecule has 2 heterocycles. The van der Waals surface area contributed by atoms with E-state index in [1.807, 2.05) is 6.07 Å². The number of benzene rings is 2. The molecule has 0 bridgehead atoms. The van der Waals surface area contributed by atoms with E-state index in [9.17, 15) is 9.59 Å². The SMILES string of the molecule is Cl.O=C(NCc1ccc2c(c1)CNC2)c1cc(N2CCNC2=O)ccc1Cl. The Morgan fingerprint density at radius 3 is 2.74 bits per heavy atom. The van der Waals surface area contributed by atoms with E-state index in [1.165, 1.54) is 11.1 Å². The highest BCUT2D eigenvalue weighted by molar-refractivity contribution is 6.34. The summed E-state index contributed by atoms with van der Waals surface area (Å²) >= 11 is 6.20. The van der Waals surface area contributed by atoms with Gasteiger partial charge in [0.2, 0.25) is 0 Å². The minimum absolute atomic E-state index is 0. The maximum atomic E-state index is 12.6. The summed E-state index contributed by atoms with van der Waals surface area (Å²) in [7, 11) is 0. The van der Waals surface area contributed by atoms with E-state index in [-0.39, 0.29) is 24.3 Å². The Morgan fingerprint density at radius 2 is 1.96 bits per heavy atom. The lowest BCUT2D eigenvalue weighted by Gasteiger charge is -2.16. The zero-order valence-corrected chi connectivity index (χ0v) is 16.1. The number of nitrogens with zero attached hydrogens (tertiary/aromatic N) is 1. The van der Waals surface area contributed by atoms with Gasteiger partial charge < -0.3 is 16.0 Å². The van der Waals surface area contributed by atoms with Crippen molar-refractivity contribution in [3.63, 3.8) is 0 Å². The van der Waals surface area contributed by atoms with E-state index < -0.39 is 0 Å². The molecule has 27 heavy (non-hydrogen) atoms. The van der Waals surface area contributed by atoms with Crippen molar-refractivity contribution in [1.82, 2.24) is 16.0 Å². The fourth-order valence-corrected chi connectivity index (χ4v) is 3.51. The summed E-state index contributed by atoms with van der Waals surface area (Å²) in [6, 6.07) is 11.1. The van der Waals surface area contributed by atoms with Crippen LogP contribution in [0.15, 0.2) is 36.4 Å². The zero-order chi connectivity index (χ0) is 18.1. The van der Waals surface area contributed by atoms with E-state index in [0.717, 1.165) is 18.7 Å². The molecular formula is C19H20Cl2N4O2. The van der Waals surface area contributed by atoms with E-state index >= 15 is 0 Å². The van der Waals surface area contributed by atoms with Crippen molar-refractivity contribution >= 4 is 41.6 Å². The lowest BCUT2D eigenvalue weighted by Crippen LogP contribution is -2.28. The monoisotopic (exact) mass is 406 g/mol. The molecule has 3 N–H and O–H groups in total. The first-order chi connectivity index (χ1) is 12.6. The number of nitrogens with one attached hydrogen (secondary N) is 3. The summed E-state index contributed by atoms with van der Waals surface area (Å²) in [5.74, 6) is -0.255. The van der Waals surface area contributed by atoms with Crippen LogP contribution in [0.4, 0.5) is 10.5 Å². The highest BCUT2D eigenvalue weighted by atomic mass is 35.5. The van der Waals surface area contributed by atoms with Crippen molar-refractivity contribution in [3.8, 4) is 0 Å². The fraction of sp³-hybridized carbons (Fsp3) is 0.263. The number of halogens is 2. The summed E-state index contributed by atoms with van der Waals surface area (Å²) in [6.45, 7) is 3.36. The molecule has 1 saturated heterocycles. The summed E-state index contributed by atoms with van der Waals surface area (Å²) in [4.78, 5) is 26.0. The minimum Gasteiger partial charge on any atom is -0.348 e. The van der Waals surface area contributed by atoms with Gasteiger partial charge in [-0.2, -0.15) is 0 Å². The van der Waals surface area contributed by atoms with Crippen LogP contribution >= 0.6 is 24.0 Å². The molecule has 0 saturated carbocycles. The van der Waals surface area contributed by atoms with Crippen molar-refractivity contribution in [2.75, 3.05) is 18.0 Å². The van der Waals surface area contributed by atoms with Gasteiger partial charge in [0.25, 0.3) is 5.91 Å². The first kappa shape index (κ1) is 19.5. The second kappa shape index (κ2) is 8.17. The third-order valence-corrected chi connectivity index (χ3v) is 5.05. The molecule has 6 nitrogen and oxygen atoms in total. The van der Waals surface area contributed by atoms with Gasteiger partial charge in [-0.3, -0.25) is 9.69 Å². The Kier molecular flexibility index (Phi) is 5.89. The Balaban J connectivity index is 0.00000210. The molecule has 0 unspecified atom stereocenters. The quantitative estimate of drug-likeness (QED) is 0.730. The highest BCUT2D eigenvalue weighted by Crippen LogP contribution is 2.24. The number of amides is 3. The molecule has 2 aromatic carbocycles. The van der Waals surface area contributed by atoms with Crippen LogP contribution in [0, 0.1) is 0 Å². The second-order valence-electron chi connectivity index (χ2n) is 6.44. The Bertz CT molecular complexity index is 888. The van der Waals surface area contributed by atoms with Gasteiger partial charge in [-0.15, -0.1) is 12.4 Å². The topological polar surface area (TPSA) is 73.5 Å². The minimum atomic E-state index is -0.255. The number of anilines is 1. The predicted octanol–water partition coefficient (Wildman–Crippen LogP) is 2.82. The van der Waals surface area contributed by atoms with Gasteiger partial charge in [0.15, 0.2) is 0 Å². The first-order valence-corrected chi connectivity index (χ1v) is 8.94. The number of hydrogen-bond donors (Lipinski definition) is 3. The molecular weight excluding hydrogens is 387 g/mol. The van der Waals surface area contributed by atoms with E-state index in [0.29, 0.717) is 35.9 Å². The molecule has 0 spiro atoms. The summed E-state index contributed by atoms with van der Waals surface area (Å²) in [5.41, 5.74) is 4.66. The number of fused-ring (bicyclic) bond motifs is 1. The molecule has 4 rings (SSSR count). The number of rotatable bonds is 4. The molecule has 2 aliphatic heterocycles. The molecule has 142 valence electrons. The number of carbonyl (C=O) groups is 2. The van der Waals surface area contributed by atoms with Crippen LogP contribution in [0.5, 0.6) is 0 Å². The molecule has 2 aliphatic rings. The fourth-order valence-electron chi connectivity index (χ4n) is 3.31. The van der Waals surface area contributed by atoms with Gasteiger partial charge in [-0.25, -0.2) is 4.79 Å². The van der Waals surface area contributed by atoms with Crippen LogP contribution in [0.25, 0.3) is 0 Å². The predicted molar refractivity (Wildman–Crippen MR) is 108 cm³/mol. The van der Waals surface area contributed by atoms with Gasteiger partial charge in [0, 0.05) is 38.4 Å². The Labute approximate surface area is 168 Å². The number of hydrogen-bond acceptors (Lipinski definition) is 3. The van der Waals surface area contributed by atoms with E-state index in [2.05, 4.69) is 28.1 Å². The normalized spacial score (nSPS) is 15.1. The molecule has 2 aromatic rings. The zero-order valence-electron chi connectivity index (χ0n) is 14.5. The van der Waals surface area contributed by atoms with Crippen LogP contribution in [-0.4, -0.2) is 25.0 Å². The third kappa shape index (κ3) is 4.03. The molecule has 0 radical (unpaired) electrons. The average molecular weight is 407 g/mol. The van der Waals surface area contributed by atoms with Gasteiger partial charge in [-0.05, 0) is 34.9 Å². The summed E-state index contributed by atoms with van der Waals surface area (Å²) < 4.78 is 0. The summed E-state index contributed by atoms with van der Waals surface area (Å²) in [6.07, 6.45) is 0.